The van der Waals surface area contributed by atoms with Crippen molar-refractivity contribution in [2.45, 2.75) is 97.0 Å². The zero-order valence-electron chi connectivity index (χ0n) is 21.0. The van der Waals surface area contributed by atoms with E-state index in [9.17, 15) is 24.3 Å². The van der Waals surface area contributed by atoms with Crippen molar-refractivity contribution in [1.29, 1.82) is 0 Å². The minimum Gasteiger partial charge on any atom is -0.481 e. The maximum Gasteiger partial charge on any atom is 0.309 e. The van der Waals surface area contributed by atoms with Crippen molar-refractivity contribution in [2.24, 2.45) is 29.6 Å². The van der Waals surface area contributed by atoms with E-state index in [4.69, 9.17) is 9.47 Å². The third-order valence-corrected chi connectivity index (χ3v) is 7.53. The molecule has 0 aromatic carbocycles. The van der Waals surface area contributed by atoms with Crippen LogP contribution in [0.5, 0.6) is 0 Å². The number of allylic oxidation sites excluding steroid dienone is 2. The first-order chi connectivity index (χ1) is 16.2. The van der Waals surface area contributed by atoms with Crippen molar-refractivity contribution in [3.05, 3.63) is 12.2 Å². The second-order valence-corrected chi connectivity index (χ2v) is 10.1. The number of carbonyl (C=O) groups is 4. The van der Waals surface area contributed by atoms with Crippen LogP contribution in [-0.2, 0) is 28.7 Å². The molecule has 2 aliphatic rings. The van der Waals surface area contributed by atoms with Crippen LogP contribution in [0.25, 0.3) is 0 Å². The highest BCUT2D eigenvalue weighted by Gasteiger charge is 2.32. The molecule has 7 heteroatoms. The predicted molar refractivity (Wildman–Crippen MR) is 128 cm³/mol. The van der Waals surface area contributed by atoms with E-state index < -0.39 is 29.7 Å². The number of ketones is 1. The Morgan fingerprint density at radius 2 is 1.56 bits per heavy atom. The molecule has 0 bridgehead atoms. The first kappa shape index (κ1) is 28.1. The molecule has 0 aromatic heterocycles. The number of hydrogen-bond donors (Lipinski definition) is 1. The van der Waals surface area contributed by atoms with Crippen molar-refractivity contribution in [1.82, 2.24) is 0 Å². The maximum absolute atomic E-state index is 12.8. The van der Waals surface area contributed by atoms with Crippen LogP contribution in [0, 0.1) is 29.6 Å². The van der Waals surface area contributed by atoms with Crippen molar-refractivity contribution in [3.8, 4) is 0 Å². The van der Waals surface area contributed by atoms with E-state index in [1.807, 2.05) is 6.92 Å². The molecule has 0 heterocycles. The van der Waals surface area contributed by atoms with Gasteiger partial charge in [-0.05, 0) is 69.8 Å². The van der Waals surface area contributed by atoms with Gasteiger partial charge in [0, 0.05) is 5.92 Å². The lowest BCUT2D eigenvalue weighted by atomic mass is 9.84. The van der Waals surface area contributed by atoms with Crippen molar-refractivity contribution < 1.29 is 33.8 Å². The first-order valence-electron chi connectivity index (χ1n) is 13.0. The first-order valence-corrected chi connectivity index (χ1v) is 13.0. The van der Waals surface area contributed by atoms with Gasteiger partial charge in [-0.15, -0.1) is 0 Å². The van der Waals surface area contributed by atoms with Crippen LogP contribution in [0.15, 0.2) is 12.2 Å². The summed E-state index contributed by atoms with van der Waals surface area (Å²) in [7, 11) is 1.27. The van der Waals surface area contributed by atoms with Gasteiger partial charge < -0.3 is 14.6 Å². The van der Waals surface area contributed by atoms with Crippen LogP contribution in [0.3, 0.4) is 0 Å². The van der Waals surface area contributed by atoms with E-state index >= 15 is 0 Å². The number of aliphatic carboxylic acids is 1. The fourth-order valence-electron chi connectivity index (χ4n) is 5.17. The van der Waals surface area contributed by atoms with E-state index in [1.165, 1.54) is 13.5 Å². The lowest BCUT2D eigenvalue weighted by Gasteiger charge is -2.29. The highest BCUT2D eigenvalue weighted by molar-refractivity contribution is 5.91. The zero-order valence-corrected chi connectivity index (χ0v) is 21.0. The lowest BCUT2D eigenvalue weighted by Crippen LogP contribution is -2.31. The summed E-state index contributed by atoms with van der Waals surface area (Å²) in [6.45, 7) is 3.42. The molecule has 0 aromatic rings. The van der Waals surface area contributed by atoms with Crippen molar-refractivity contribution in [3.63, 3.8) is 0 Å². The number of ether oxygens (including phenoxy) is 2. The number of esters is 2. The Kier molecular flexibility index (Phi) is 11.8. The predicted octanol–water partition coefficient (Wildman–Crippen LogP) is 5.11. The van der Waals surface area contributed by atoms with Gasteiger partial charge in [-0.3, -0.25) is 19.2 Å². The Balaban J connectivity index is 1.82. The van der Waals surface area contributed by atoms with Crippen LogP contribution in [0.4, 0.5) is 0 Å². The second kappa shape index (κ2) is 14.3. The number of rotatable bonds is 12. The van der Waals surface area contributed by atoms with Crippen LogP contribution >= 0.6 is 0 Å². The fraction of sp³-hybridized carbons (Fsp3) is 0.778. The van der Waals surface area contributed by atoms with Gasteiger partial charge in [0.05, 0.1) is 24.9 Å². The molecule has 0 spiro atoms. The topological polar surface area (TPSA) is 107 Å². The molecule has 2 aliphatic carbocycles. The van der Waals surface area contributed by atoms with Crippen molar-refractivity contribution >= 4 is 23.7 Å². The largest absolute Gasteiger partial charge is 0.481 e. The summed E-state index contributed by atoms with van der Waals surface area (Å²) in [5, 5.41) is 9.19. The number of methoxy groups -OCH3 is 1. The molecule has 192 valence electrons. The molecule has 3 unspecified atom stereocenters. The Bertz CT molecular complexity index is 714. The molecule has 1 N–H and O–H groups in total. The lowest BCUT2D eigenvalue weighted by molar-refractivity contribution is -0.158. The molecule has 0 aliphatic heterocycles. The molecule has 2 rings (SSSR count). The molecule has 2 fully saturated rings. The molecule has 3 atom stereocenters. The summed E-state index contributed by atoms with van der Waals surface area (Å²) in [6.07, 6.45) is 13.4. The summed E-state index contributed by atoms with van der Waals surface area (Å²) in [5.74, 6) is -2.84. The molecule has 34 heavy (non-hydrogen) atoms. The van der Waals surface area contributed by atoms with Gasteiger partial charge in [0.15, 0.2) is 5.78 Å². The maximum atomic E-state index is 12.8. The SMILES string of the molecule is CCC(CC(CC(C)C(=O)O)C(=O)OC)C(=O)OC1CCC(/C=C/C(=O)C2CCCCC2)CC1. The molecular weight excluding hydrogens is 436 g/mol. The molecule has 0 saturated heterocycles. The van der Waals surface area contributed by atoms with E-state index in [0.717, 1.165) is 51.4 Å². The number of hydrogen-bond acceptors (Lipinski definition) is 6. The van der Waals surface area contributed by atoms with Crippen LogP contribution in [0.2, 0.25) is 0 Å². The average molecular weight is 479 g/mol. The van der Waals surface area contributed by atoms with Gasteiger partial charge in [0.2, 0.25) is 0 Å². The molecule has 7 nitrogen and oxygen atoms in total. The van der Waals surface area contributed by atoms with Gasteiger partial charge in [-0.1, -0.05) is 39.2 Å². The highest BCUT2D eigenvalue weighted by atomic mass is 16.5. The second-order valence-electron chi connectivity index (χ2n) is 10.1. The Morgan fingerprint density at radius 1 is 0.912 bits per heavy atom. The number of carboxylic acids is 1. The smallest absolute Gasteiger partial charge is 0.309 e. The Labute approximate surface area is 203 Å². The van der Waals surface area contributed by atoms with Gasteiger partial charge in [0.1, 0.15) is 6.10 Å². The fourth-order valence-corrected chi connectivity index (χ4v) is 5.17. The summed E-state index contributed by atoms with van der Waals surface area (Å²) in [5.41, 5.74) is 0. The third kappa shape index (κ3) is 8.88. The van der Waals surface area contributed by atoms with Gasteiger partial charge in [-0.2, -0.15) is 0 Å². The summed E-state index contributed by atoms with van der Waals surface area (Å²) >= 11 is 0. The number of carbonyl (C=O) groups excluding carboxylic acids is 3. The van der Waals surface area contributed by atoms with Gasteiger partial charge in [0.25, 0.3) is 0 Å². The average Bonchev–Trinajstić information content (AvgIpc) is 2.85. The Hall–Kier alpha value is -2.18. The van der Waals surface area contributed by atoms with E-state index in [2.05, 4.69) is 6.08 Å². The minimum absolute atomic E-state index is 0.128. The zero-order chi connectivity index (χ0) is 25.1. The van der Waals surface area contributed by atoms with Crippen LogP contribution < -0.4 is 0 Å². The third-order valence-electron chi connectivity index (χ3n) is 7.53. The van der Waals surface area contributed by atoms with Gasteiger partial charge >= 0.3 is 17.9 Å². The monoisotopic (exact) mass is 478 g/mol. The van der Waals surface area contributed by atoms with Crippen LogP contribution in [-0.4, -0.2) is 42.0 Å². The molecular formula is C27H42O7. The van der Waals surface area contributed by atoms with Crippen molar-refractivity contribution in [2.75, 3.05) is 7.11 Å². The molecule has 2 saturated carbocycles. The number of carboxylic acid groups (broad SMARTS) is 1. The standard InChI is InChI=1S/C27H42O7/c1-4-20(17-22(26(31)33-3)16-18(2)25(29)30)27(32)34-23-13-10-19(11-14-23)12-15-24(28)21-8-6-5-7-9-21/h12,15,18-23H,4-11,13-14,16-17H2,1-3H3,(H,29,30)/b15-12+. The quantitative estimate of drug-likeness (QED) is 0.307. The summed E-state index contributed by atoms with van der Waals surface area (Å²) in [6, 6.07) is 0. The normalized spacial score (nSPS) is 24.2. The van der Waals surface area contributed by atoms with E-state index in [1.54, 1.807) is 13.0 Å². The summed E-state index contributed by atoms with van der Waals surface area (Å²) in [4.78, 5) is 48.6. The summed E-state index contributed by atoms with van der Waals surface area (Å²) < 4.78 is 10.6. The van der Waals surface area contributed by atoms with Crippen LogP contribution in [0.1, 0.15) is 90.9 Å². The van der Waals surface area contributed by atoms with E-state index in [0.29, 0.717) is 12.3 Å². The minimum atomic E-state index is -0.976. The molecule has 0 radical (unpaired) electrons. The highest BCUT2D eigenvalue weighted by Crippen LogP contribution is 2.31. The van der Waals surface area contributed by atoms with Gasteiger partial charge in [-0.25, -0.2) is 0 Å². The van der Waals surface area contributed by atoms with E-state index in [-0.39, 0.29) is 36.6 Å². The Morgan fingerprint density at radius 3 is 2.12 bits per heavy atom. The molecule has 0 amide bonds.